The molecule has 1 N–H and O–H groups in total. The van der Waals surface area contributed by atoms with Crippen molar-refractivity contribution in [3.8, 4) is 0 Å². The lowest BCUT2D eigenvalue weighted by Crippen LogP contribution is -2.03. The molecule has 3 rings (SSSR count). The maximum Gasteiger partial charge on any atom is 0.262 e. The van der Waals surface area contributed by atoms with Gasteiger partial charge in [0.2, 0.25) is 0 Å². The van der Waals surface area contributed by atoms with Crippen LogP contribution in [0.15, 0.2) is 27.0 Å². The lowest BCUT2D eigenvalue weighted by atomic mass is 10.4. The number of hydrogen-bond donors (Lipinski definition) is 1. The molecule has 100 valence electrons. The summed E-state index contributed by atoms with van der Waals surface area (Å²) in [5, 5.41) is 4.76. The Kier molecular flexibility index (Phi) is 3.42. The minimum atomic E-state index is 0.532. The monoisotopic (exact) mass is 276 g/mol. The average Bonchev–Trinajstić information content (AvgIpc) is 3.14. The van der Waals surface area contributed by atoms with E-state index in [4.69, 9.17) is 4.42 Å². The van der Waals surface area contributed by atoms with E-state index in [2.05, 4.69) is 27.2 Å². The molecule has 0 aliphatic heterocycles. The summed E-state index contributed by atoms with van der Waals surface area (Å²) in [4.78, 5) is 13.4. The number of rotatable bonds is 5. The molecule has 0 unspecified atom stereocenters. The quantitative estimate of drug-likeness (QED) is 0.846. The van der Waals surface area contributed by atoms with Gasteiger partial charge >= 0.3 is 0 Å². The van der Waals surface area contributed by atoms with Gasteiger partial charge in [-0.05, 0) is 38.5 Å². The summed E-state index contributed by atoms with van der Waals surface area (Å²) in [7, 11) is 0. The number of anilines is 1. The highest BCUT2D eigenvalue weighted by Crippen LogP contribution is 2.39. The van der Waals surface area contributed by atoms with E-state index < -0.39 is 0 Å². The Hall–Kier alpha value is -1.56. The van der Waals surface area contributed by atoms with Crippen LogP contribution in [0.25, 0.3) is 0 Å². The molecule has 0 amide bonds. The van der Waals surface area contributed by atoms with Crippen molar-refractivity contribution in [1.29, 1.82) is 0 Å². The molecule has 0 bridgehead atoms. The lowest BCUT2D eigenvalue weighted by molar-refractivity contribution is 0.453. The van der Waals surface area contributed by atoms with Gasteiger partial charge in [0.1, 0.15) is 22.9 Å². The van der Waals surface area contributed by atoms with Gasteiger partial charge in [0.15, 0.2) is 0 Å². The minimum absolute atomic E-state index is 0.532. The number of aryl methyl sites for hydroxylation is 1. The van der Waals surface area contributed by atoms with Crippen molar-refractivity contribution >= 4 is 17.6 Å². The number of nitrogens with zero attached hydrogens (tertiary/aromatic N) is 3. The van der Waals surface area contributed by atoms with E-state index >= 15 is 0 Å². The van der Waals surface area contributed by atoms with Crippen molar-refractivity contribution in [2.45, 2.75) is 42.9 Å². The van der Waals surface area contributed by atoms with Crippen molar-refractivity contribution in [1.82, 2.24) is 15.0 Å². The molecular weight excluding hydrogens is 260 g/mol. The molecule has 0 spiro atoms. The number of hydrogen-bond acceptors (Lipinski definition) is 6. The van der Waals surface area contributed by atoms with E-state index in [1.807, 2.05) is 13.0 Å². The van der Waals surface area contributed by atoms with E-state index in [1.165, 1.54) is 24.6 Å². The van der Waals surface area contributed by atoms with E-state index in [-0.39, 0.29) is 0 Å². The SMILES string of the molecule is CCNc1cc(Sc2nc(C)co2)nc(C2CC2)n1. The summed E-state index contributed by atoms with van der Waals surface area (Å²) >= 11 is 1.44. The molecule has 0 atom stereocenters. The lowest BCUT2D eigenvalue weighted by Gasteiger charge is -2.06. The molecule has 5 nitrogen and oxygen atoms in total. The van der Waals surface area contributed by atoms with Gasteiger partial charge in [-0.2, -0.15) is 0 Å². The van der Waals surface area contributed by atoms with Gasteiger partial charge in [0.05, 0.1) is 5.69 Å². The van der Waals surface area contributed by atoms with Gasteiger partial charge in [-0.25, -0.2) is 15.0 Å². The van der Waals surface area contributed by atoms with Crippen LogP contribution in [0, 0.1) is 6.92 Å². The molecule has 1 aliphatic carbocycles. The predicted molar refractivity (Wildman–Crippen MR) is 73.5 cm³/mol. The highest BCUT2D eigenvalue weighted by atomic mass is 32.2. The van der Waals surface area contributed by atoms with Crippen LogP contribution in [0.3, 0.4) is 0 Å². The van der Waals surface area contributed by atoms with Crippen LogP contribution in [0.5, 0.6) is 0 Å². The molecule has 1 fully saturated rings. The summed E-state index contributed by atoms with van der Waals surface area (Å²) in [6.07, 6.45) is 4.03. The van der Waals surface area contributed by atoms with E-state index in [1.54, 1.807) is 6.26 Å². The molecule has 6 heteroatoms. The summed E-state index contributed by atoms with van der Waals surface area (Å²) in [5.74, 6) is 2.35. The summed E-state index contributed by atoms with van der Waals surface area (Å²) < 4.78 is 5.36. The molecule has 2 heterocycles. The first-order valence-corrected chi connectivity index (χ1v) is 7.29. The van der Waals surface area contributed by atoms with Crippen LogP contribution >= 0.6 is 11.8 Å². The van der Waals surface area contributed by atoms with Crippen LogP contribution in [0.2, 0.25) is 0 Å². The standard InChI is InChI=1S/C13H16N4OS/c1-3-14-10-6-11(17-12(16-10)9-4-5-9)19-13-15-8(2)7-18-13/h6-7,9H,3-5H2,1-2H3,(H,14,16,17). The van der Waals surface area contributed by atoms with Crippen molar-refractivity contribution in [3.05, 3.63) is 23.8 Å². The molecule has 0 aromatic carbocycles. The second-order valence-electron chi connectivity index (χ2n) is 4.61. The first-order valence-electron chi connectivity index (χ1n) is 6.47. The van der Waals surface area contributed by atoms with Crippen molar-refractivity contribution in [3.63, 3.8) is 0 Å². The van der Waals surface area contributed by atoms with Gasteiger partial charge in [0.25, 0.3) is 5.22 Å². The zero-order valence-electron chi connectivity index (χ0n) is 11.0. The Morgan fingerprint density at radius 2 is 2.21 bits per heavy atom. The Labute approximate surface area is 116 Å². The molecule has 0 saturated heterocycles. The zero-order valence-corrected chi connectivity index (χ0v) is 11.8. The smallest absolute Gasteiger partial charge is 0.262 e. The fourth-order valence-corrected chi connectivity index (χ4v) is 2.53. The Balaban J connectivity index is 1.86. The first kappa shape index (κ1) is 12.5. The number of aromatic nitrogens is 3. The topological polar surface area (TPSA) is 63.8 Å². The van der Waals surface area contributed by atoms with Crippen LogP contribution in [0.1, 0.15) is 37.2 Å². The van der Waals surface area contributed by atoms with E-state index in [9.17, 15) is 0 Å². The molecular formula is C13H16N4OS. The molecule has 1 saturated carbocycles. The summed E-state index contributed by atoms with van der Waals surface area (Å²) in [6.45, 7) is 4.82. The molecule has 19 heavy (non-hydrogen) atoms. The Morgan fingerprint density at radius 1 is 1.37 bits per heavy atom. The van der Waals surface area contributed by atoms with Gasteiger partial charge in [-0.3, -0.25) is 0 Å². The summed E-state index contributed by atoms with van der Waals surface area (Å²) in [6, 6.07) is 1.94. The van der Waals surface area contributed by atoms with E-state index in [0.29, 0.717) is 11.1 Å². The van der Waals surface area contributed by atoms with Crippen LogP contribution in [0.4, 0.5) is 5.82 Å². The molecule has 1 aliphatic rings. The second-order valence-corrected chi connectivity index (χ2v) is 5.58. The molecule has 0 radical (unpaired) electrons. The van der Waals surface area contributed by atoms with Crippen molar-refractivity contribution < 1.29 is 4.42 Å². The third-order valence-corrected chi connectivity index (χ3v) is 3.59. The largest absolute Gasteiger partial charge is 0.439 e. The number of oxazole rings is 1. The Bertz CT molecular complexity index is 580. The van der Waals surface area contributed by atoms with Gasteiger partial charge in [0, 0.05) is 18.5 Å². The maximum atomic E-state index is 5.36. The van der Waals surface area contributed by atoms with Gasteiger partial charge in [-0.15, -0.1) is 0 Å². The minimum Gasteiger partial charge on any atom is -0.439 e. The fraction of sp³-hybridized carbons (Fsp3) is 0.462. The second kappa shape index (κ2) is 5.21. The number of nitrogens with one attached hydrogen (secondary N) is 1. The van der Waals surface area contributed by atoms with Gasteiger partial charge in [-0.1, -0.05) is 0 Å². The molecule has 2 aromatic rings. The average molecular weight is 276 g/mol. The van der Waals surface area contributed by atoms with Crippen LogP contribution in [-0.4, -0.2) is 21.5 Å². The van der Waals surface area contributed by atoms with Gasteiger partial charge < -0.3 is 9.73 Å². The first-order chi connectivity index (χ1) is 9.24. The zero-order chi connectivity index (χ0) is 13.2. The predicted octanol–water partition coefficient (Wildman–Crippen LogP) is 3.23. The van der Waals surface area contributed by atoms with Crippen LogP contribution in [-0.2, 0) is 0 Å². The maximum absolute atomic E-state index is 5.36. The highest BCUT2D eigenvalue weighted by molar-refractivity contribution is 7.99. The van der Waals surface area contributed by atoms with Crippen LogP contribution < -0.4 is 5.32 Å². The Morgan fingerprint density at radius 3 is 2.84 bits per heavy atom. The fourth-order valence-electron chi connectivity index (χ4n) is 1.76. The summed E-state index contributed by atoms with van der Waals surface area (Å²) in [5.41, 5.74) is 0.880. The highest BCUT2D eigenvalue weighted by Gasteiger charge is 2.27. The van der Waals surface area contributed by atoms with Crippen molar-refractivity contribution in [2.75, 3.05) is 11.9 Å². The molecule has 2 aromatic heterocycles. The van der Waals surface area contributed by atoms with Crippen molar-refractivity contribution in [2.24, 2.45) is 0 Å². The van der Waals surface area contributed by atoms with E-state index in [0.717, 1.165) is 28.9 Å². The third-order valence-electron chi connectivity index (χ3n) is 2.81. The normalized spacial score (nSPS) is 14.6. The third kappa shape index (κ3) is 3.07.